The molecule has 0 unspecified atom stereocenters. The zero-order valence-electron chi connectivity index (χ0n) is 8.06. The van der Waals surface area contributed by atoms with Gasteiger partial charge in [0.15, 0.2) is 0 Å². The SMILES string of the molecule is CN(C)C1CCC(C(F)(F)F)CC1. The first-order chi connectivity index (χ1) is 5.91. The van der Waals surface area contributed by atoms with Crippen LogP contribution in [0.2, 0.25) is 0 Å². The Balaban J connectivity index is 2.39. The van der Waals surface area contributed by atoms with E-state index in [0.717, 1.165) is 0 Å². The maximum absolute atomic E-state index is 12.3. The van der Waals surface area contributed by atoms with E-state index in [1.807, 2.05) is 19.0 Å². The third kappa shape index (κ3) is 2.86. The van der Waals surface area contributed by atoms with E-state index in [9.17, 15) is 13.2 Å². The monoisotopic (exact) mass is 195 g/mol. The predicted molar refractivity (Wildman–Crippen MR) is 45.5 cm³/mol. The summed E-state index contributed by atoms with van der Waals surface area (Å²) in [4.78, 5) is 2.02. The van der Waals surface area contributed by atoms with Crippen LogP contribution in [0.15, 0.2) is 0 Å². The highest BCUT2D eigenvalue weighted by molar-refractivity contribution is 4.80. The van der Waals surface area contributed by atoms with Gasteiger partial charge in [-0.2, -0.15) is 13.2 Å². The summed E-state index contributed by atoms with van der Waals surface area (Å²) in [7, 11) is 3.86. The molecule has 0 saturated heterocycles. The predicted octanol–water partition coefficient (Wildman–Crippen LogP) is 2.67. The van der Waals surface area contributed by atoms with Crippen LogP contribution in [0.4, 0.5) is 13.2 Å². The first kappa shape index (κ1) is 10.8. The minimum atomic E-state index is -3.97. The van der Waals surface area contributed by atoms with Crippen LogP contribution in [0.25, 0.3) is 0 Å². The Labute approximate surface area is 76.9 Å². The van der Waals surface area contributed by atoms with Gasteiger partial charge in [0.2, 0.25) is 0 Å². The highest BCUT2D eigenvalue weighted by atomic mass is 19.4. The Hall–Kier alpha value is -0.250. The molecular weight excluding hydrogens is 179 g/mol. The van der Waals surface area contributed by atoms with Crippen molar-refractivity contribution in [2.75, 3.05) is 14.1 Å². The van der Waals surface area contributed by atoms with E-state index in [4.69, 9.17) is 0 Å². The Morgan fingerprint density at radius 3 is 1.77 bits per heavy atom. The number of hydrogen-bond donors (Lipinski definition) is 0. The lowest BCUT2D eigenvalue weighted by Gasteiger charge is -2.33. The normalized spacial score (nSPS) is 30.9. The van der Waals surface area contributed by atoms with Gasteiger partial charge in [0.05, 0.1) is 5.92 Å². The van der Waals surface area contributed by atoms with Gasteiger partial charge in [-0.3, -0.25) is 0 Å². The van der Waals surface area contributed by atoms with Crippen molar-refractivity contribution in [3.05, 3.63) is 0 Å². The summed E-state index contributed by atoms with van der Waals surface area (Å²) in [6.45, 7) is 0. The molecule has 4 heteroatoms. The molecule has 1 saturated carbocycles. The van der Waals surface area contributed by atoms with Crippen molar-refractivity contribution < 1.29 is 13.2 Å². The van der Waals surface area contributed by atoms with E-state index in [-0.39, 0.29) is 0 Å². The van der Waals surface area contributed by atoms with Gasteiger partial charge >= 0.3 is 6.18 Å². The number of rotatable bonds is 1. The summed E-state index contributed by atoms with van der Waals surface area (Å²) < 4.78 is 36.8. The van der Waals surface area contributed by atoms with Crippen LogP contribution in [0.1, 0.15) is 25.7 Å². The van der Waals surface area contributed by atoms with E-state index >= 15 is 0 Å². The number of alkyl halides is 3. The van der Waals surface area contributed by atoms with Crippen molar-refractivity contribution >= 4 is 0 Å². The minimum Gasteiger partial charge on any atom is -0.306 e. The Kier molecular flexibility index (Phi) is 3.22. The molecule has 0 heterocycles. The molecule has 0 aromatic rings. The van der Waals surface area contributed by atoms with Gasteiger partial charge in [0.1, 0.15) is 0 Å². The third-order valence-electron chi connectivity index (χ3n) is 2.89. The topological polar surface area (TPSA) is 3.24 Å². The zero-order chi connectivity index (χ0) is 10.1. The standard InChI is InChI=1S/C9H16F3N/c1-13(2)8-5-3-7(4-6-8)9(10,11)12/h7-8H,3-6H2,1-2H3. The fourth-order valence-corrected chi connectivity index (χ4v) is 1.92. The van der Waals surface area contributed by atoms with Gasteiger partial charge in [-0.1, -0.05) is 0 Å². The average molecular weight is 195 g/mol. The van der Waals surface area contributed by atoms with Crippen LogP contribution in [-0.4, -0.2) is 31.2 Å². The van der Waals surface area contributed by atoms with Crippen molar-refractivity contribution in [2.24, 2.45) is 5.92 Å². The van der Waals surface area contributed by atoms with E-state index < -0.39 is 12.1 Å². The van der Waals surface area contributed by atoms with Crippen molar-refractivity contribution in [3.63, 3.8) is 0 Å². The van der Waals surface area contributed by atoms with Crippen LogP contribution in [-0.2, 0) is 0 Å². The molecule has 0 spiro atoms. The molecule has 0 radical (unpaired) electrons. The summed E-state index contributed by atoms with van der Waals surface area (Å²) in [6.07, 6.45) is -2.02. The Morgan fingerprint density at radius 2 is 1.46 bits per heavy atom. The summed E-state index contributed by atoms with van der Waals surface area (Å²) in [5.74, 6) is -1.05. The highest BCUT2D eigenvalue weighted by Gasteiger charge is 2.41. The first-order valence-electron chi connectivity index (χ1n) is 4.64. The lowest BCUT2D eigenvalue weighted by Crippen LogP contribution is -2.36. The summed E-state index contributed by atoms with van der Waals surface area (Å²) in [5, 5.41) is 0. The van der Waals surface area contributed by atoms with Crippen LogP contribution in [0.5, 0.6) is 0 Å². The molecule has 1 aliphatic carbocycles. The van der Waals surface area contributed by atoms with Crippen molar-refractivity contribution in [1.29, 1.82) is 0 Å². The van der Waals surface area contributed by atoms with Crippen molar-refractivity contribution in [1.82, 2.24) is 4.90 Å². The molecular formula is C9H16F3N. The maximum atomic E-state index is 12.3. The molecule has 0 aromatic heterocycles. The second-order valence-electron chi connectivity index (χ2n) is 4.01. The molecule has 0 bridgehead atoms. The molecule has 0 atom stereocenters. The summed E-state index contributed by atoms with van der Waals surface area (Å²) >= 11 is 0. The minimum absolute atomic E-state index is 0.298. The van der Waals surface area contributed by atoms with Crippen LogP contribution in [0.3, 0.4) is 0 Å². The smallest absolute Gasteiger partial charge is 0.306 e. The first-order valence-corrected chi connectivity index (χ1v) is 4.64. The van der Waals surface area contributed by atoms with Crippen molar-refractivity contribution in [3.8, 4) is 0 Å². The largest absolute Gasteiger partial charge is 0.391 e. The second kappa shape index (κ2) is 3.86. The van der Waals surface area contributed by atoms with Gasteiger partial charge in [0, 0.05) is 6.04 Å². The zero-order valence-corrected chi connectivity index (χ0v) is 8.06. The molecule has 1 fully saturated rings. The summed E-state index contributed by atoms with van der Waals surface area (Å²) in [6, 6.07) is 0.346. The quantitative estimate of drug-likeness (QED) is 0.621. The van der Waals surface area contributed by atoms with Gasteiger partial charge in [-0.05, 0) is 39.8 Å². The number of hydrogen-bond acceptors (Lipinski definition) is 1. The molecule has 1 rings (SSSR count). The highest BCUT2D eigenvalue weighted by Crippen LogP contribution is 2.38. The fraction of sp³-hybridized carbons (Fsp3) is 1.00. The van der Waals surface area contributed by atoms with Crippen molar-refractivity contribution in [2.45, 2.75) is 37.9 Å². The van der Waals surface area contributed by atoms with Gasteiger partial charge in [0.25, 0.3) is 0 Å². The second-order valence-corrected chi connectivity index (χ2v) is 4.01. The molecule has 1 nitrogen and oxygen atoms in total. The van der Waals surface area contributed by atoms with Gasteiger partial charge in [-0.15, -0.1) is 0 Å². The third-order valence-corrected chi connectivity index (χ3v) is 2.89. The lowest BCUT2D eigenvalue weighted by atomic mass is 9.85. The van der Waals surface area contributed by atoms with Crippen LogP contribution in [0, 0.1) is 5.92 Å². The van der Waals surface area contributed by atoms with Crippen LogP contribution < -0.4 is 0 Å². The van der Waals surface area contributed by atoms with E-state index in [1.54, 1.807) is 0 Å². The molecule has 1 aliphatic rings. The molecule has 78 valence electrons. The molecule has 0 amide bonds. The Bertz CT molecular complexity index is 157. The van der Waals surface area contributed by atoms with Gasteiger partial charge in [-0.25, -0.2) is 0 Å². The number of nitrogens with zero attached hydrogens (tertiary/aromatic N) is 1. The summed E-state index contributed by atoms with van der Waals surface area (Å²) in [5.41, 5.74) is 0. The van der Waals surface area contributed by atoms with E-state index in [1.165, 1.54) is 0 Å². The average Bonchev–Trinajstić information content (AvgIpc) is 2.03. The Morgan fingerprint density at radius 1 is 1.00 bits per heavy atom. The lowest BCUT2D eigenvalue weighted by molar-refractivity contribution is -0.184. The molecule has 13 heavy (non-hydrogen) atoms. The maximum Gasteiger partial charge on any atom is 0.391 e. The molecule has 0 aromatic carbocycles. The molecule has 0 aliphatic heterocycles. The van der Waals surface area contributed by atoms with E-state index in [2.05, 4.69) is 0 Å². The van der Waals surface area contributed by atoms with Gasteiger partial charge < -0.3 is 4.90 Å². The molecule has 0 N–H and O–H groups in total. The fourth-order valence-electron chi connectivity index (χ4n) is 1.92. The number of halogens is 3. The van der Waals surface area contributed by atoms with Crippen LogP contribution >= 0.6 is 0 Å². The van der Waals surface area contributed by atoms with E-state index in [0.29, 0.717) is 31.7 Å².